The van der Waals surface area contributed by atoms with E-state index in [1.807, 2.05) is 72.8 Å². The first-order valence-corrected chi connectivity index (χ1v) is 20.3. The van der Waals surface area contributed by atoms with E-state index in [0.29, 0.717) is 17.5 Å². The summed E-state index contributed by atoms with van der Waals surface area (Å²) in [4.78, 5) is 20.2. The molecule has 6 heteroatoms. The van der Waals surface area contributed by atoms with Crippen LogP contribution in [0.5, 0.6) is 0 Å². The van der Waals surface area contributed by atoms with E-state index in [0.717, 1.165) is 117 Å². The van der Waals surface area contributed by atoms with E-state index in [1.165, 1.54) is 0 Å². The van der Waals surface area contributed by atoms with Crippen molar-refractivity contribution in [2.75, 3.05) is 0 Å². The van der Waals surface area contributed by atoms with E-state index in [1.54, 1.807) is 0 Å². The number of hydrogen-bond acceptors (Lipinski definition) is 6. The topological polar surface area (TPSA) is 77.8 Å². The molecule has 0 aliphatic heterocycles. The van der Waals surface area contributed by atoms with Crippen molar-refractivity contribution in [3.05, 3.63) is 180 Å². The average Bonchev–Trinajstić information content (AvgIpc) is 3.91. The van der Waals surface area contributed by atoms with Gasteiger partial charge in [-0.2, -0.15) is 0 Å². The van der Waals surface area contributed by atoms with Crippen molar-refractivity contribution >= 4 is 56.0 Å². The lowest BCUT2D eigenvalue weighted by atomic mass is 9.96. The Morgan fingerprint density at radius 3 is 1.58 bits per heavy atom. The molecule has 7 aromatic carbocycles. The Labute approximate surface area is 344 Å². The molecule has 1 aliphatic rings. The number of rotatable bonds is 6. The van der Waals surface area contributed by atoms with Gasteiger partial charge in [0.25, 0.3) is 0 Å². The molecule has 6 nitrogen and oxygen atoms in total. The number of benzene rings is 7. The SMILES string of the molecule is C1=c2oc3c(-c4ccc(-c5ccc(-c6nc(-c7ccccc7)nc(-c7ccccc7)n6)cc5)cc4)nc4c(-c5cccc6c5oc5ccccc56)cccc4c3c2=CCC1. The van der Waals surface area contributed by atoms with Crippen LogP contribution in [0.1, 0.15) is 12.8 Å². The third-order valence-electron chi connectivity index (χ3n) is 11.6. The molecule has 4 heterocycles. The summed E-state index contributed by atoms with van der Waals surface area (Å²) in [7, 11) is 0. The average molecular weight is 771 g/mol. The van der Waals surface area contributed by atoms with E-state index in [4.69, 9.17) is 28.8 Å². The number of para-hydroxylation sites is 3. The maximum atomic E-state index is 6.70. The summed E-state index contributed by atoms with van der Waals surface area (Å²) in [6, 6.07) is 58.2. The molecular weight excluding hydrogens is 737 g/mol. The molecule has 0 atom stereocenters. The van der Waals surface area contributed by atoms with Crippen LogP contribution in [0.2, 0.25) is 0 Å². The molecule has 0 saturated carbocycles. The van der Waals surface area contributed by atoms with Gasteiger partial charge >= 0.3 is 0 Å². The van der Waals surface area contributed by atoms with Gasteiger partial charge in [-0.3, -0.25) is 0 Å². The Balaban J connectivity index is 0.955. The van der Waals surface area contributed by atoms with E-state index in [-0.39, 0.29) is 0 Å². The molecule has 4 aromatic heterocycles. The Bertz CT molecular complexity index is 3520. The molecular formula is C54H34N4O2. The first kappa shape index (κ1) is 34.1. The quantitative estimate of drug-likeness (QED) is 0.168. The maximum Gasteiger partial charge on any atom is 0.164 e. The highest BCUT2D eigenvalue weighted by atomic mass is 16.3. The van der Waals surface area contributed by atoms with Gasteiger partial charge in [-0.15, -0.1) is 0 Å². The number of pyridine rings is 1. The van der Waals surface area contributed by atoms with Crippen molar-refractivity contribution in [2.24, 2.45) is 0 Å². The van der Waals surface area contributed by atoms with E-state index < -0.39 is 0 Å². The van der Waals surface area contributed by atoms with Gasteiger partial charge in [0.05, 0.1) is 5.52 Å². The van der Waals surface area contributed by atoms with Gasteiger partial charge in [-0.25, -0.2) is 19.9 Å². The summed E-state index contributed by atoms with van der Waals surface area (Å²) >= 11 is 0. The smallest absolute Gasteiger partial charge is 0.164 e. The Hall–Kier alpha value is -7.96. The second-order valence-corrected chi connectivity index (χ2v) is 15.2. The molecule has 12 rings (SSSR count). The zero-order valence-corrected chi connectivity index (χ0v) is 32.3. The summed E-state index contributed by atoms with van der Waals surface area (Å²) in [6.07, 6.45) is 6.45. The lowest BCUT2D eigenvalue weighted by Gasteiger charge is -2.12. The first-order valence-electron chi connectivity index (χ1n) is 20.3. The molecule has 0 spiro atoms. The van der Waals surface area contributed by atoms with Crippen LogP contribution < -0.4 is 10.6 Å². The Morgan fingerprint density at radius 1 is 0.367 bits per heavy atom. The van der Waals surface area contributed by atoms with Gasteiger partial charge in [0.1, 0.15) is 22.3 Å². The molecule has 0 saturated heterocycles. The van der Waals surface area contributed by atoms with Gasteiger partial charge in [0.15, 0.2) is 23.1 Å². The van der Waals surface area contributed by atoms with Crippen molar-refractivity contribution < 1.29 is 8.83 Å². The van der Waals surface area contributed by atoms with Gasteiger partial charge in [-0.05, 0) is 36.1 Å². The van der Waals surface area contributed by atoms with Crippen molar-refractivity contribution in [1.82, 2.24) is 19.9 Å². The number of furan rings is 2. The normalized spacial score (nSPS) is 12.5. The standard InChI is InChI=1S/C54H34N4O2/c1-3-13-36(14-4-1)52-56-53(37-15-5-2-6-16-37)58-54(57-52)38-31-27-34(28-32-38)33-25-29-35(30-26-33)48-51-47(43-18-8-10-24-46(43)60-51)44-22-11-19-40(49(44)55-48)42-21-12-20-41-39-17-7-9-23-45(39)59-50(41)42/h1-7,9,11-32H,8,10H2. The second kappa shape index (κ2) is 13.9. The molecule has 0 fully saturated rings. The fourth-order valence-electron chi connectivity index (χ4n) is 8.66. The Kier molecular flexibility index (Phi) is 7.88. The molecule has 1 aliphatic carbocycles. The van der Waals surface area contributed by atoms with Crippen LogP contribution in [-0.2, 0) is 0 Å². The molecule has 282 valence electrons. The second-order valence-electron chi connectivity index (χ2n) is 15.2. The first-order chi connectivity index (χ1) is 29.7. The lowest BCUT2D eigenvalue weighted by molar-refractivity contribution is 0.572. The minimum atomic E-state index is 0.627. The van der Waals surface area contributed by atoms with Crippen molar-refractivity contribution in [2.45, 2.75) is 12.8 Å². The summed E-state index contributed by atoms with van der Waals surface area (Å²) in [5, 5.41) is 5.51. The zero-order valence-electron chi connectivity index (χ0n) is 32.3. The molecule has 0 unspecified atom stereocenters. The largest absolute Gasteiger partial charge is 0.455 e. The summed E-state index contributed by atoms with van der Waals surface area (Å²) in [5.74, 6) is 1.91. The van der Waals surface area contributed by atoms with Crippen LogP contribution in [0.4, 0.5) is 0 Å². The number of fused-ring (bicyclic) bond motifs is 8. The lowest BCUT2D eigenvalue weighted by Crippen LogP contribution is -2.22. The third kappa shape index (κ3) is 5.64. The van der Waals surface area contributed by atoms with E-state index >= 15 is 0 Å². The predicted octanol–water partition coefficient (Wildman–Crippen LogP) is 12.4. The highest BCUT2D eigenvalue weighted by molar-refractivity contribution is 6.16. The fourth-order valence-corrected chi connectivity index (χ4v) is 8.66. The number of nitrogens with zero attached hydrogens (tertiary/aromatic N) is 4. The van der Waals surface area contributed by atoms with Crippen LogP contribution in [-0.4, -0.2) is 19.9 Å². The minimum Gasteiger partial charge on any atom is -0.455 e. The van der Waals surface area contributed by atoms with Crippen LogP contribution >= 0.6 is 0 Å². The highest BCUT2D eigenvalue weighted by Crippen LogP contribution is 2.41. The summed E-state index contributed by atoms with van der Waals surface area (Å²) < 4.78 is 13.2. The minimum absolute atomic E-state index is 0.627. The predicted molar refractivity (Wildman–Crippen MR) is 242 cm³/mol. The van der Waals surface area contributed by atoms with Crippen LogP contribution in [0.3, 0.4) is 0 Å². The van der Waals surface area contributed by atoms with Gasteiger partial charge < -0.3 is 8.83 Å². The van der Waals surface area contributed by atoms with Crippen molar-refractivity contribution in [3.63, 3.8) is 0 Å². The van der Waals surface area contributed by atoms with E-state index in [2.05, 4.69) is 109 Å². The summed E-state index contributed by atoms with van der Waals surface area (Å²) in [5.41, 5.74) is 13.2. The van der Waals surface area contributed by atoms with Gasteiger partial charge in [0, 0.05) is 60.1 Å². The Morgan fingerprint density at radius 2 is 0.900 bits per heavy atom. The van der Waals surface area contributed by atoms with Gasteiger partial charge in [0.2, 0.25) is 0 Å². The van der Waals surface area contributed by atoms with E-state index in [9.17, 15) is 0 Å². The molecule has 0 radical (unpaired) electrons. The molecule has 0 amide bonds. The zero-order chi connectivity index (χ0) is 39.6. The molecule has 0 N–H and O–H groups in total. The highest BCUT2D eigenvalue weighted by Gasteiger charge is 2.21. The third-order valence-corrected chi connectivity index (χ3v) is 11.6. The summed E-state index contributed by atoms with van der Waals surface area (Å²) in [6.45, 7) is 0. The van der Waals surface area contributed by atoms with Crippen molar-refractivity contribution in [1.29, 1.82) is 0 Å². The van der Waals surface area contributed by atoms with Crippen LogP contribution in [0.25, 0.3) is 124 Å². The van der Waals surface area contributed by atoms with Crippen LogP contribution in [0.15, 0.2) is 179 Å². The van der Waals surface area contributed by atoms with Crippen molar-refractivity contribution in [3.8, 4) is 67.7 Å². The molecule has 60 heavy (non-hydrogen) atoms. The number of hydrogen-bond donors (Lipinski definition) is 0. The molecule has 0 bridgehead atoms. The van der Waals surface area contributed by atoms with Gasteiger partial charge in [-0.1, -0.05) is 170 Å². The monoisotopic (exact) mass is 770 g/mol. The fraction of sp³-hybridized carbons (Fsp3) is 0.0370. The molecule has 11 aromatic rings. The maximum absolute atomic E-state index is 6.70. The van der Waals surface area contributed by atoms with Crippen LogP contribution in [0, 0.1) is 0 Å². The number of aromatic nitrogens is 4.